The molecule has 0 saturated heterocycles. The molecule has 4 heteroatoms. The number of halogens is 2. The van der Waals surface area contributed by atoms with Gasteiger partial charge in [0.25, 0.3) is 0 Å². The number of aromatic nitrogens is 1. The number of alkyl halides is 1. The lowest BCUT2D eigenvalue weighted by atomic mass is 10.4. The number of hydrogen-bond acceptors (Lipinski definition) is 2. The molecule has 1 heterocycles. The van der Waals surface area contributed by atoms with Crippen molar-refractivity contribution in [2.75, 3.05) is 23.8 Å². The molecule has 0 atom stereocenters. The van der Waals surface area contributed by atoms with Gasteiger partial charge in [-0.25, -0.2) is 9.37 Å². The van der Waals surface area contributed by atoms with E-state index in [1.54, 1.807) is 6.07 Å². The van der Waals surface area contributed by atoms with Crippen LogP contribution in [0.5, 0.6) is 0 Å². The van der Waals surface area contributed by atoms with Gasteiger partial charge in [-0.15, -0.1) is 0 Å². The number of pyridine rings is 1. The Kier molecular flexibility index (Phi) is 3.47. The van der Waals surface area contributed by atoms with Crippen molar-refractivity contribution in [2.24, 2.45) is 0 Å². The van der Waals surface area contributed by atoms with E-state index in [-0.39, 0.29) is 5.82 Å². The first-order valence-corrected chi connectivity index (χ1v) is 4.75. The Balaban J connectivity index is 2.68. The number of nitrogens with zero attached hydrogens (tertiary/aromatic N) is 2. The maximum atomic E-state index is 12.4. The van der Waals surface area contributed by atoms with Crippen LogP contribution in [0.15, 0.2) is 18.3 Å². The van der Waals surface area contributed by atoms with Crippen LogP contribution in [-0.4, -0.2) is 23.9 Å². The minimum atomic E-state index is -0.300. The number of rotatable bonds is 3. The summed E-state index contributed by atoms with van der Waals surface area (Å²) in [5.74, 6) is 0.488. The second-order valence-corrected chi connectivity index (χ2v) is 3.24. The largest absolute Gasteiger partial charge is 0.359 e. The molecule has 0 aromatic carbocycles. The second kappa shape index (κ2) is 4.40. The molecular formula is C8H10BrFN2. The molecule has 1 rings (SSSR count). The molecule has 0 spiro atoms. The predicted octanol–water partition coefficient (Wildman–Crippen LogP) is 2.05. The third kappa shape index (κ3) is 2.44. The van der Waals surface area contributed by atoms with Crippen molar-refractivity contribution in [3.63, 3.8) is 0 Å². The van der Waals surface area contributed by atoms with Gasteiger partial charge in [-0.05, 0) is 12.1 Å². The van der Waals surface area contributed by atoms with Crippen LogP contribution in [0.3, 0.4) is 0 Å². The molecule has 0 saturated carbocycles. The molecule has 0 radical (unpaired) electrons. The Morgan fingerprint density at radius 1 is 1.58 bits per heavy atom. The first-order chi connectivity index (χ1) is 5.74. The molecule has 0 fully saturated rings. The van der Waals surface area contributed by atoms with Gasteiger partial charge in [0.1, 0.15) is 11.6 Å². The average Bonchev–Trinajstić information content (AvgIpc) is 2.06. The van der Waals surface area contributed by atoms with Gasteiger partial charge in [-0.3, -0.25) is 0 Å². The van der Waals surface area contributed by atoms with Crippen LogP contribution in [0, 0.1) is 5.82 Å². The third-order valence-electron chi connectivity index (χ3n) is 1.52. The maximum Gasteiger partial charge on any atom is 0.141 e. The fraction of sp³-hybridized carbons (Fsp3) is 0.375. The Hall–Kier alpha value is -0.640. The van der Waals surface area contributed by atoms with Crippen molar-refractivity contribution in [3.05, 3.63) is 24.1 Å². The molecule has 0 bridgehead atoms. The van der Waals surface area contributed by atoms with Crippen molar-refractivity contribution in [1.29, 1.82) is 0 Å². The van der Waals surface area contributed by atoms with Gasteiger partial charge in [0, 0.05) is 18.9 Å². The minimum Gasteiger partial charge on any atom is -0.359 e. The topological polar surface area (TPSA) is 16.1 Å². The van der Waals surface area contributed by atoms with E-state index in [2.05, 4.69) is 20.9 Å². The molecule has 0 amide bonds. The van der Waals surface area contributed by atoms with Crippen molar-refractivity contribution in [2.45, 2.75) is 0 Å². The smallest absolute Gasteiger partial charge is 0.141 e. The Bertz CT molecular complexity index is 237. The first kappa shape index (κ1) is 9.45. The summed E-state index contributed by atoms with van der Waals surface area (Å²) in [6.07, 6.45) is 1.22. The van der Waals surface area contributed by atoms with Crippen molar-refractivity contribution >= 4 is 21.7 Å². The summed E-state index contributed by atoms with van der Waals surface area (Å²) in [6, 6.07) is 3.07. The molecule has 0 N–H and O–H groups in total. The van der Waals surface area contributed by atoms with E-state index in [1.165, 1.54) is 12.3 Å². The van der Waals surface area contributed by atoms with Crippen LogP contribution in [-0.2, 0) is 0 Å². The molecule has 0 unspecified atom stereocenters. The Labute approximate surface area is 79.5 Å². The van der Waals surface area contributed by atoms with Crippen LogP contribution in [0.25, 0.3) is 0 Å². The lowest BCUT2D eigenvalue weighted by molar-refractivity contribution is 0.621. The van der Waals surface area contributed by atoms with Gasteiger partial charge in [0.05, 0.1) is 6.20 Å². The zero-order valence-corrected chi connectivity index (χ0v) is 8.38. The highest BCUT2D eigenvalue weighted by atomic mass is 79.9. The molecule has 1 aromatic heterocycles. The number of anilines is 1. The highest BCUT2D eigenvalue weighted by Gasteiger charge is 2.00. The second-order valence-electron chi connectivity index (χ2n) is 2.45. The molecule has 0 aliphatic rings. The zero-order valence-electron chi connectivity index (χ0n) is 6.80. The molecule has 1 aromatic rings. The van der Waals surface area contributed by atoms with E-state index in [0.29, 0.717) is 0 Å². The normalized spacial score (nSPS) is 9.92. The van der Waals surface area contributed by atoms with Crippen molar-refractivity contribution in [1.82, 2.24) is 4.98 Å². The highest BCUT2D eigenvalue weighted by Crippen LogP contribution is 2.08. The molecule has 0 aliphatic heterocycles. The monoisotopic (exact) mass is 232 g/mol. The van der Waals surface area contributed by atoms with E-state index in [4.69, 9.17) is 0 Å². The van der Waals surface area contributed by atoms with Gasteiger partial charge in [-0.2, -0.15) is 0 Å². The molecule has 0 aliphatic carbocycles. The lowest BCUT2D eigenvalue weighted by Gasteiger charge is -2.15. The first-order valence-electron chi connectivity index (χ1n) is 3.62. The summed E-state index contributed by atoms with van der Waals surface area (Å²) in [6.45, 7) is 0.860. The lowest BCUT2D eigenvalue weighted by Crippen LogP contribution is -2.20. The van der Waals surface area contributed by atoms with Gasteiger partial charge in [0.2, 0.25) is 0 Å². The number of hydrogen-bond donors (Lipinski definition) is 0. The summed E-state index contributed by atoms with van der Waals surface area (Å²) >= 11 is 3.32. The minimum absolute atomic E-state index is 0.300. The van der Waals surface area contributed by atoms with Gasteiger partial charge in [0.15, 0.2) is 0 Å². The summed E-state index contributed by atoms with van der Waals surface area (Å²) < 4.78 is 12.4. The summed E-state index contributed by atoms with van der Waals surface area (Å²) in [5, 5.41) is 0.878. The van der Waals surface area contributed by atoms with E-state index >= 15 is 0 Å². The Morgan fingerprint density at radius 3 is 2.83 bits per heavy atom. The third-order valence-corrected chi connectivity index (χ3v) is 1.88. The van der Waals surface area contributed by atoms with Crippen molar-refractivity contribution < 1.29 is 4.39 Å². The van der Waals surface area contributed by atoms with Gasteiger partial charge < -0.3 is 4.90 Å². The summed E-state index contributed by atoms with van der Waals surface area (Å²) in [7, 11) is 1.92. The van der Waals surface area contributed by atoms with Crippen LogP contribution in [0.4, 0.5) is 10.2 Å². The molecule has 66 valence electrons. The standard InChI is InChI=1S/C8H10BrFN2/c1-12(5-4-9)8-3-2-7(10)6-11-8/h2-3,6H,4-5H2,1H3. The van der Waals surface area contributed by atoms with E-state index in [1.807, 2.05) is 11.9 Å². The highest BCUT2D eigenvalue weighted by molar-refractivity contribution is 9.09. The van der Waals surface area contributed by atoms with Crippen LogP contribution >= 0.6 is 15.9 Å². The van der Waals surface area contributed by atoms with Crippen LogP contribution in [0.2, 0.25) is 0 Å². The van der Waals surface area contributed by atoms with E-state index < -0.39 is 0 Å². The maximum absolute atomic E-state index is 12.4. The fourth-order valence-electron chi connectivity index (χ4n) is 0.835. The van der Waals surface area contributed by atoms with Crippen LogP contribution < -0.4 is 4.90 Å². The average molecular weight is 233 g/mol. The van der Waals surface area contributed by atoms with Gasteiger partial charge >= 0.3 is 0 Å². The Morgan fingerprint density at radius 2 is 2.33 bits per heavy atom. The summed E-state index contributed by atoms with van der Waals surface area (Å²) in [4.78, 5) is 5.88. The van der Waals surface area contributed by atoms with Crippen LogP contribution in [0.1, 0.15) is 0 Å². The van der Waals surface area contributed by atoms with E-state index in [0.717, 1.165) is 17.7 Å². The molecule has 12 heavy (non-hydrogen) atoms. The zero-order chi connectivity index (χ0) is 8.97. The summed E-state index contributed by atoms with van der Waals surface area (Å²) in [5.41, 5.74) is 0. The fourth-order valence-corrected chi connectivity index (χ4v) is 1.37. The predicted molar refractivity (Wildman–Crippen MR) is 51.3 cm³/mol. The SMILES string of the molecule is CN(CCBr)c1ccc(F)cn1. The van der Waals surface area contributed by atoms with Gasteiger partial charge in [-0.1, -0.05) is 15.9 Å². The van der Waals surface area contributed by atoms with E-state index in [9.17, 15) is 4.39 Å². The quantitative estimate of drug-likeness (QED) is 0.743. The van der Waals surface area contributed by atoms with Crippen molar-refractivity contribution in [3.8, 4) is 0 Å². The molecule has 2 nitrogen and oxygen atoms in total. The molecular weight excluding hydrogens is 223 g/mol.